The standard InChI is InChI=1S/C11H11Si.C9H8N.2ClH.Ti/c1-12(2)11-7-9-5-3-4-6-10(9)8-11;1-7-6-10-9-5-3-2-4-8(7)9;;;/h3-7H,1-2H3;2-5,10H,1H3;2*1H;/q;;;;+2/p-2. The maximum atomic E-state index is 3.70. The van der Waals surface area contributed by atoms with Gasteiger partial charge < -0.3 is 24.8 Å². The summed E-state index contributed by atoms with van der Waals surface area (Å²) in [6.07, 6.45) is 2.44. The predicted octanol–water partition coefficient (Wildman–Crippen LogP) is -3.70. The fourth-order valence-corrected chi connectivity index (χ4v) is 7.88. The van der Waals surface area contributed by atoms with E-state index < -0.39 is 8.41 Å². The van der Waals surface area contributed by atoms with Crippen LogP contribution in [0.5, 0.6) is 0 Å². The first-order valence-electron chi connectivity index (χ1n) is 7.98. The third-order valence-corrected chi connectivity index (χ3v) is 8.82. The Kier molecular flexibility index (Phi) is 6.69. The van der Waals surface area contributed by atoms with Crippen molar-refractivity contribution in [2.24, 2.45) is 0 Å². The van der Waals surface area contributed by atoms with Crippen molar-refractivity contribution >= 4 is 38.4 Å². The Morgan fingerprint density at radius 1 is 0.920 bits per heavy atom. The van der Waals surface area contributed by atoms with Crippen molar-refractivity contribution in [3.05, 3.63) is 64.5 Å². The first-order valence-corrected chi connectivity index (χ1v) is 12.0. The van der Waals surface area contributed by atoms with E-state index in [-0.39, 0.29) is 44.0 Å². The smallest absolute Gasteiger partial charge is 1.00 e. The largest absolute Gasteiger partial charge is 1.00 e. The average Bonchev–Trinajstić information content (AvgIpc) is 3.08. The monoisotopic (exact) mass is 419 g/mol. The molecule has 1 nitrogen and oxygen atoms in total. The topological polar surface area (TPSA) is 15.8 Å². The Morgan fingerprint density at radius 2 is 1.60 bits per heavy atom. The molecular weight excluding hydrogens is 401 g/mol. The van der Waals surface area contributed by atoms with Crippen LogP contribution in [0, 0.1) is 6.92 Å². The van der Waals surface area contributed by atoms with E-state index in [2.05, 4.69) is 79.6 Å². The summed E-state index contributed by atoms with van der Waals surface area (Å²) in [6.45, 7) is 7.09. The zero-order chi connectivity index (χ0) is 16.0. The number of fused-ring (bicyclic) bond motifs is 2. The van der Waals surface area contributed by atoms with Crippen LogP contribution in [0.15, 0.2) is 48.5 Å². The fraction of sp³-hybridized carbons (Fsp3) is 0.150. The summed E-state index contributed by atoms with van der Waals surface area (Å²) in [5.74, 6) is 0. The fourth-order valence-electron chi connectivity index (χ4n) is 3.28. The van der Waals surface area contributed by atoms with Gasteiger partial charge in [-0.05, 0) is 0 Å². The third kappa shape index (κ3) is 3.65. The molecule has 3 aromatic rings. The molecule has 1 aromatic heterocycles. The normalized spacial score (nSPS) is 12.0. The Labute approximate surface area is 171 Å². The third-order valence-electron chi connectivity index (χ3n) is 4.55. The van der Waals surface area contributed by atoms with Crippen LogP contribution in [-0.4, -0.2) is 18.6 Å². The molecule has 0 aliphatic heterocycles. The summed E-state index contributed by atoms with van der Waals surface area (Å²) in [5.41, 5.74) is 2.72. The SMILES string of the molecule is Cc1[c]([Ti+2][C]2=c3ccccc3=CC2=[Si](C)C)[nH]c2ccccc12.[Cl-].[Cl-]. The van der Waals surface area contributed by atoms with E-state index in [9.17, 15) is 0 Å². The Hall–Kier alpha value is -0.899. The van der Waals surface area contributed by atoms with Gasteiger partial charge in [0.1, 0.15) is 0 Å². The summed E-state index contributed by atoms with van der Waals surface area (Å²) in [4.78, 5) is 3.70. The molecule has 1 heterocycles. The molecule has 0 saturated carbocycles. The van der Waals surface area contributed by atoms with E-state index >= 15 is 0 Å². The quantitative estimate of drug-likeness (QED) is 0.411. The van der Waals surface area contributed by atoms with Crippen molar-refractivity contribution in [1.82, 2.24) is 4.98 Å². The zero-order valence-corrected chi connectivity index (χ0v) is 18.5. The molecule has 0 spiro atoms. The molecule has 4 rings (SSSR count). The van der Waals surface area contributed by atoms with E-state index in [1.165, 1.54) is 30.9 Å². The number of hydrogen-bond donors (Lipinski definition) is 1. The first kappa shape index (κ1) is 20.4. The molecule has 0 atom stereocenters. The van der Waals surface area contributed by atoms with Crippen molar-refractivity contribution in [3.8, 4) is 0 Å². The molecule has 25 heavy (non-hydrogen) atoms. The van der Waals surface area contributed by atoms with Gasteiger partial charge in [0.2, 0.25) is 0 Å². The summed E-state index contributed by atoms with van der Waals surface area (Å²) in [7, 11) is -0.447. The maximum Gasteiger partial charge on any atom is -1.00 e. The van der Waals surface area contributed by atoms with E-state index in [0.29, 0.717) is 0 Å². The van der Waals surface area contributed by atoms with Crippen LogP contribution in [0.25, 0.3) is 20.9 Å². The Balaban J connectivity index is 0.00000113. The minimum Gasteiger partial charge on any atom is -1.00 e. The number of aromatic amines is 1. The van der Waals surface area contributed by atoms with E-state index in [1.807, 2.05) is 0 Å². The van der Waals surface area contributed by atoms with Gasteiger partial charge in [-0.1, -0.05) is 0 Å². The summed E-state index contributed by atoms with van der Waals surface area (Å²) in [5, 5.41) is 5.91. The molecule has 0 amide bonds. The molecule has 0 saturated heterocycles. The molecule has 1 N–H and O–H groups in total. The van der Waals surface area contributed by atoms with Crippen LogP contribution in [0.1, 0.15) is 5.56 Å². The minimum atomic E-state index is -0.447. The molecule has 0 bridgehead atoms. The van der Waals surface area contributed by atoms with Gasteiger partial charge in [-0.2, -0.15) is 0 Å². The number of halogens is 2. The molecule has 0 unspecified atom stereocenters. The van der Waals surface area contributed by atoms with Gasteiger partial charge in [0.25, 0.3) is 0 Å². The van der Waals surface area contributed by atoms with Gasteiger partial charge in [0.15, 0.2) is 0 Å². The minimum absolute atomic E-state index is 0. The van der Waals surface area contributed by atoms with Crippen molar-refractivity contribution < 1.29 is 44.0 Å². The Bertz CT molecular complexity index is 1080. The number of para-hydroxylation sites is 1. The predicted molar refractivity (Wildman–Crippen MR) is 98.7 cm³/mol. The second-order valence-electron chi connectivity index (χ2n) is 6.32. The molecule has 5 heteroatoms. The molecule has 0 radical (unpaired) electrons. The molecule has 1 aliphatic carbocycles. The molecule has 2 aromatic carbocycles. The summed E-state index contributed by atoms with van der Waals surface area (Å²) >= 11 is -0.353. The number of benzene rings is 2. The van der Waals surface area contributed by atoms with E-state index in [1.54, 1.807) is 9.05 Å². The van der Waals surface area contributed by atoms with Crippen LogP contribution in [-0.2, 0) is 19.2 Å². The average molecular weight is 420 g/mol. The first-order chi connectivity index (χ1) is 11.1. The maximum absolute atomic E-state index is 3.70. The van der Waals surface area contributed by atoms with E-state index in [0.717, 1.165) is 0 Å². The summed E-state index contributed by atoms with van der Waals surface area (Å²) in [6, 6.07) is 17.6. The van der Waals surface area contributed by atoms with Gasteiger partial charge in [-0.25, -0.2) is 0 Å². The zero-order valence-electron chi connectivity index (χ0n) is 14.5. The van der Waals surface area contributed by atoms with Crippen LogP contribution < -0.4 is 39.3 Å². The number of rotatable bonds is 2. The molecule has 1 aliphatic rings. The van der Waals surface area contributed by atoms with E-state index in [4.69, 9.17) is 0 Å². The van der Waals surface area contributed by atoms with Gasteiger partial charge in [0, 0.05) is 0 Å². The number of aryl methyl sites for hydroxylation is 1. The van der Waals surface area contributed by atoms with Crippen LogP contribution >= 0.6 is 0 Å². The molecular formula is C20H19Cl2NSiTi. The van der Waals surface area contributed by atoms with Gasteiger partial charge in [-0.3, -0.25) is 0 Å². The summed E-state index contributed by atoms with van der Waals surface area (Å²) < 4.78 is 3.13. The van der Waals surface area contributed by atoms with Gasteiger partial charge in [-0.15, -0.1) is 0 Å². The second kappa shape index (κ2) is 8.20. The van der Waals surface area contributed by atoms with Crippen LogP contribution in [0.4, 0.5) is 0 Å². The number of H-pyrrole nitrogens is 1. The van der Waals surface area contributed by atoms with Gasteiger partial charge in [0.05, 0.1) is 0 Å². The van der Waals surface area contributed by atoms with Crippen LogP contribution in [0.3, 0.4) is 0 Å². The van der Waals surface area contributed by atoms with Crippen molar-refractivity contribution in [2.75, 3.05) is 0 Å². The number of nitrogens with one attached hydrogen (secondary N) is 1. The Morgan fingerprint density at radius 3 is 2.32 bits per heavy atom. The number of aromatic nitrogens is 1. The second-order valence-corrected chi connectivity index (χ2v) is 10.8. The van der Waals surface area contributed by atoms with Crippen molar-refractivity contribution in [1.29, 1.82) is 0 Å². The van der Waals surface area contributed by atoms with Gasteiger partial charge >= 0.3 is 147 Å². The van der Waals surface area contributed by atoms with Crippen molar-refractivity contribution in [3.63, 3.8) is 0 Å². The molecule has 126 valence electrons. The van der Waals surface area contributed by atoms with Crippen LogP contribution in [0.2, 0.25) is 13.1 Å². The van der Waals surface area contributed by atoms with Crippen molar-refractivity contribution in [2.45, 2.75) is 20.0 Å². The number of hydrogen-bond acceptors (Lipinski definition) is 0. The molecule has 0 fully saturated rings.